The normalized spacial score (nSPS) is 11.5. The molecule has 2 aromatic carbocycles. The molecule has 0 aliphatic carbocycles. The molecule has 0 radical (unpaired) electrons. The van der Waals surface area contributed by atoms with Crippen LogP contribution in [0.3, 0.4) is 0 Å². The van der Waals surface area contributed by atoms with Gasteiger partial charge in [-0.3, -0.25) is 10.1 Å². The van der Waals surface area contributed by atoms with Crippen molar-refractivity contribution in [1.82, 2.24) is 4.98 Å². The van der Waals surface area contributed by atoms with E-state index in [4.69, 9.17) is 9.98 Å². The van der Waals surface area contributed by atoms with Crippen molar-refractivity contribution in [3.05, 3.63) is 74.8 Å². The highest BCUT2D eigenvalue weighted by Crippen LogP contribution is 2.22. The van der Waals surface area contributed by atoms with E-state index in [-0.39, 0.29) is 5.69 Å². The number of nitro benzene ring substituents is 1. The molecule has 0 saturated carbocycles. The summed E-state index contributed by atoms with van der Waals surface area (Å²) in [4.78, 5) is 22.7. The first-order valence-corrected chi connectivity index (χ1v) is 11.6. The molecule has 1 aromatic heterocycles. The van der Waals surface area contributed by atoms with Crippen LogP contribution in [0.4, 0.5) is 17.2 Å². The number of unbranched alkanes of at least 4 members (excludes halogenated alkanes) is 2. The minimum Gasteiger partial charge on any atom is -0.354 e. The number of non-ortho nitro benzene ring substituents is 1. The number of aromatic nitrogens is 1. The van der Waals surface area contributed by atoms with Gasteiger partial charge in [0.1, 0.15) is 0 Å². The summed E-state index contributed by atoms with van der Waals surface area (Å²) in [5.41, 5.74) is 2.75. The van der Waals surface area contributed by atoms with E-state index in [2.05, 4.69) is 30.9 Å². The van der Waals surface area contributed by atoms with Gasteiger partial charge in [0.2, 0.25) is 0 Å². The molecule has 3 rings (SSSR count). The summed E-state index contributed by atoms with van der Waals surface area (Å²) in [5.74, 6) is 0.881. The minimum atomic E-state index is -0.398. The van der Waals surface area contributed by atoms with Crippen LogP contribution >= 0.6 is 11.3 Å². The van der Waals surface area contributed by atoms with E-state index in [1.807, 2.05) is 23.6 Å². The van der Waals surface area contributed by atoms with E-state index in [1.54, 1.807) is 23.5 Å². The minimum absolute atomic E-state index is 0.0629. The lowest BCUT2D eigenvalue weighted by Gasteiger charge is -2.24. The summed E-state index contributed by atoms with van der Waals surface area (Å²) in [6.45, 7) is 6.24. The van der Waals surface area contributed by atoms with Crippen LogP contribution in [0, 0.1) is 10.1 Å². The largest absolute Gasteiger partial charge is 0.354 e. The fourth-order valence-corrected chi connectivity index (χ4v) is 4.01. The fraction of sp³-hybridized carbons (Fsp3) is 0.333. The van der Waals surface area contributed by atoms with E-state index in [0.29, 0.717) is 5.69 Å². The van der Waals surface area contributed by atoms with Crippen molar-refractivity contribution in [3.8, 4) is 11.3 Å². The molecule has 162 valence electrons. The van der Waals surface area contributed by atoms with Crippen LogP contribution in [-0.4, -0.2) is 23.0 Å². The van der Waals surface area contributed by atoms with Crippen molar-refractivity contribution >= 4 is 28.5 Å². The lowest BCUT2D eigenvalue weighted by atomic mass is 10.2. The van der Waals surface area contributed by atoms with Crippen molar-refractivity contribution in [1.29, 1.82) is 0 Å². The fourth-order valence-electron chi connectivity index (χ4n) is 3.16. The van der Waals surface area contributed by atoms with Crippen molar-refractivity contribution < 1.29 is 4.92 Å². The molecule has 31 heavy (non-hydrogen) atoms. The average Bonchev–Trinajstić information content (AvgIpc) is 2.80. The number of nitrogens with zero attached hydrogens (tertiary/aromatic N) is 4. The van der Waals surface area contributed by atoms with Crippen LogP contribution in [0.2, 0.25) is 0 Å². The van der Waals surface area contributed by atoms with Crippen molar-refractivity contribution in [2.24, 2.45) is 4.99 Å². The Morgan fingerprint density at radius 1 is 1.00 bits per heavy atom. The summed E-state index contributed by atoms with van der Waals surface area (Å²) < 4.78 is 0.820. The zero-order valence-electron chi connectivity index (χ0n) is 18.0. The highest BCUT2D eigenvalue weighted by Gasteiger charge is 2.13. The first-order valence-electron chi connectivity index (χ1n) is 10.7. The third-order valence-corrected chi connectivity index (χ3v) is 5.76. The van der Waals surface area contributed by atoms with Gasteiger partial charge in [-0.25, -0.2) is 9.98 Å². The first kappa shape index (κ1) is 22.6. The Morgan fingerprint density at radius 2 is 1.65 bits per heavy atom. The molecule has 3 aromatic rings. The lowest BCUT2D eigenvalue weighted by molar-refractivity contribution is -0.384. The molecule has 0 spiro atoms. The summed E-state index contributed by atoms with van der Waals surface area (Å²) in [6, 6.07) is 16.5. The molecule has 0 aliphatic heterocycles. The van der Waals surface area contributed by atoms with E-state index >= 15 is 0 Å². The molecule has 6 nitrogen and oxygen atoms in total. The Hall–Kier alpha value is -3.06. The highest BCUT2D eigenvalue weighted by molar-refractivity contribution is 7.07. The molecule has 0 fully saturated rings. The van der Waals surface area contributed by atoms with Crippen molar-refractivity contribution in [2.75, 3.05) is 18.0 Å². The predicted molar refractivity (Wildman–Crippen MR) is 128 cm³/mol. The second-order valence-corrected chi connectivity index (χ2v) is 8.17. The van der Waals surface area contributed by atoms with Crippen LogP contribution < -0.4 is 9.57 Å². The second-order valence-electron chi connectivity index (χ2n) is 7.31. The molecule has 0 amide bonds. The molecule has 0 N–H and O–H groups in total. The van der Waals surface area contributed by atoms with Crippen molar-refractivity contribution in [2.45, 2.75) is 39.5 Å². The number of anilines is 1. The maximum Gasteiger partial charge on any atom is 0.269 e. The SMILES string of the molecule is CCCCN(CCCC)c1nc(-c2ccccc2)csc1=Nc1ccc([N+](=O)[O-])cc1. The molecular weight excluding hydrogens is 408 g/mol. The number of benzene rings is 2. The monoisotopic (exact) mass is 436 g/mol. The van der Waals surface area contributed by atoms with E-state index in [1.165, 1.54) is 12.1 Å². The molecule has 0 bridgehead atoms. The molecule has 1 heterocycles. The second kappa shape index (κ2) is 11.4. The Labute approximate surface area is 187 Å². The van der Waals surface area contributed by atoms with Crippen LogP contribution in [0.5, 0.6) is 0 Å². The van der Waals surface area contributed by atoms with Gasteiger partial charge >= 0.3 is 0 Å². The summed E-state index contributed by atoms with van der Waals surface area (Å²) in [5, 5.41) is 13.0. The van der Waals surface area contributed by atoms with Gasteiger partial charge in [-0.2, -0.15) is 0 Å². The number of hydrogen-bond acceptors (Lipinski definition) is 6. The van der Waals surface area contributed by atoms with Gasteiger partial charge in [0.25, 0.3) is 5.69 Å². The van der Waals surface area contributed by atoms with Gasteiger partial charge < -0.3 is 4.90 Å². The molecular formula is C24H28N4O2S. The average molecular weight is 437 g/mol. The highest BCUT2D eigenvalue weighted by atomic mass is 32.1. The van der Waals surface area contributed by atoms with Gasteiger partial charge in [0.05, 0.1) is 16.3 Å². The molecule has 0 unspecified atom stereocenters. The van der Waals surface area contributed by atoms with Gasteiger partial charge in [-0.15, -0.1) is 11.3 Å². The maximum absolute atomic E-state index is 10.9. The number of nitro groups is 1. The van der Waals surface area contributed by atoms with E-state index in [9.17, 15) is 10.1 Å². The Balaban J connectivity index is 2.08. The topological polar surface area (TPSA) is 71.6 Å². The molecule has 0 aliphatic rings. The predicted octanol–water partition coefficient (Wildman–Crippen LogP) is 6.36. The van der Waals surface area contributed by atoms with Gasteiger partial charge in [-0.05, 0) is 25.0 Å². The first-order chi connectivity index (χ1) is 15.1. The zero-order chi connectivity index (χ0) is 22.1. The Kier molecular flexibility index (Phi) is 8.29. The standard InChI is InChI=1S/C24H28N4O2S/c1-3-5-16-27(17-6-4-2)23-24(25-20-12-14-21(15-13-20)28(29)30)31-18-22(26-23)19-10-8-7-9-11-19/h7-15,18H,3-6,16-17H2,1-2H3. The van der Waals surface area contributed by atoms with Gasteiger partial charge in [-0.1, -0.05) is 57.0 Å². The van der Waals surface area contributed by atoms with E-state index in [0.717, 1.165) is 60.5 Å². The Morgan fingerprint density at radius 3 is 2.23 bits per heavy atom. The van der Waals surface area contributed by atoms with Crippen LogP contribution in [0.15, 0.2) is 65.0 Å². The summed E-state index contributed by atoms with van der Waals surface area (Å²) in [6.07, 6.45) is 4.39. The van der Waals surface area contributed by atoms with Gasteiger partial charge in [0.15, 0.2) is 10.5 Å². The number of hydrogen-bond donors (Lipinski definition) is 0. The van der Waals surface area contributed by atoms with Crippen LogP contribution in [-0.2, 0) is 0 Å². The van der Waals surface area contributed by atoms with Crippen LogP contribution in [0.25, 0.3) is 11.3 Å². The Bertz CT molecular complexity index is 1040. The maximum atomic E-state index is 10.9. The third-order valence-electron chi connectivity index (χ3n) is 4.92. The summed E-state index contributed by atoms with van der Waals surface area (Å²) in [7, 11) is 0. The summed E-state index contributed by atoms with van der Waals surface area (Å²) >= 11 is 1.56. The quantitative estimate of drug-likeness (QED) is 0.274. The van der Waals surface area contributed by atoms with E-state index < -0.39 is 4.92 Å². The van der Waals surface area contributed by atoms with Crippen LogP contribution in [0.1, 0.15) is 39.5 Å². The van der Waals surface area contributed by atoms with Crippen molar-refractivity contribution in [3.63, 3.8) is 0 Å². The molecule has 0 atom stereocenters. The zero-order valence-corrected chi connectivity index (χ0v) is 18.8. The number of rotatable bonds is 10. The molecule has 7 heteroatoms. The molecule has 0 saturated heterocycles. The van der Waals surface area contributed by atoms with Gasteiger partial charge in [0, 0.05) is 36.2 Å². The lowest BCUT2D eigenvalue weighted by Crippen LogP contribution is -2.31. The third kappa shape index (κ3) is 6.21. The smallest absolute Gasteiger partial charge is 0.269 e.